The lowest BCUT2D eigenvalue weighted by Gasteiger charge is -2.02. The van der Waals surface area contributed by atoms with Crippen LogP contribution in [0.5, 0.6) is 0 Å². The molecule has 0 bridgehead atoms. The molecular weight excluding hydrogens is 256 g/mol. The number of hydrogen-bond acceptors (Lipinski definition) is 4. The predicted molar refractivity (Wildman–Crippen MR) is 79.0 cm³/mol. The Labute approximate surface area is 115 Å². The zero-order valence-electron chi connectivity index (χ0n) is 11.0. The number of thiazole rings is 1. The predicted octanol–water partition coefficient (Wildman–Crippen LogP) is 3.11. The summed E-state index contributed by atoms with van der Waals surface area (Å²) < 4.78 is 2.08. The molecule has 0 spiro atoms. The van der Waals surface area contributed by atoms with Crippen molar-refractivity contribution in [2.45, 2.75) is 19.4 Å². The first kappa shape index (κ1) is 12.3. The van der Waals surface area contributed by atoms with E-state index in [2.05, 4.69) is 27.5 Å². The fourth-order valence-electron chi connectivity index (χ4n) is 2.11. The van der Waals surface area contributed by atoms with E-state index in [0.29, 0.717) is 0 Å². The van der Waals surface area contributed by atoms with E-state index < -0.39 is 0 Å². The second kappa shape index (κ2) is 4.75. The molecule has 1 unspecified atom stereocenters. The van der Waals surface area contributed by atoms with Crippen LogP contribution < -0.4 is 5.73 Å². The van der Waals surface area contributed by atoms with Gasteiger partial charge in [0.2, 0.25) is 0 Å². The molecule has 4 nitrogen and oxygen atoms in total. The maximum atomic E-state index is 6.02. The number of aryl methyl sites for hydroxylation is 1. The highest BCUT2D eigenvalue weighted by Crippen LogP contribution is 2.27. The Morgan fingerprint density at radius 2 is 2.11 bits per heavy atom. The van der Waals surface area contributed by atoms with Crippen LogP contribution in [0.15, 0.2) is 29.6 Å². The molecule has 0 aliphatic carbocycles. The van der Waals surface area contributed by atoms with Gasteiger partial charge in [0, 0.05) is 12.4 Å². The van der Waals surface area contributed by atoms with E-state index in [-0.39, 0.29) is 6.04 Å². The third kappa shape index (κ3) is 2.05. The number of hydrogen-bond donors (Lipinski definition) is 1. The molecule has 0 saturated carbocycles. The van der Waals surface area contributed by atoms with Crippen LogP contribution >= 0.6 is 11.3 Å². The van der Waals surface area contributed by atoms with Gasteiger partial charge in [0.15, 0.2) is 5.82 Å². The Morgan fingerprint density at radius 3 is 2.84 bits per heavy atom. The van der Waals surface area contributed by atoms with Crippen molar-refractivity contribution in [3.05, 3.63) is 34.7 Å². The summed E-state index contributed by atoms with van der Waals surface area (Å²) in [5.74, 6) is 0.895. The van der Waals surface area contributed by atoms with Crippen molar-refractivity contribution in [2.24, 2.45) is 12.8 Å². The van der Waals surface area contributed by atoms with Gasteiger partial charge in [-0.05, 0) is 18.6 Å². The number of rotatable bonds is 3. The number of fused-ring (bicyclic) bond motifs is 1. The lowest BCUT2D eigenvalue weighted by molar-refractivity contribution is 0.693. The summed E-state index contributed by atoms with van der Waals surface area (Å²) in [6.07, 6.45) is 0.898. The van der Waals surface area contributed by atoms with E-state index in [1.54, 1.807) is 11.3 Å². The fraction of sp³-hybridized carbons (Fsp3) is 0.286. The third-order valence-corrected chi connectivity index (χ3v) is 4.27. The summed E-state index contributed by atoms with van der Waals surface area (Å²) in [5, 5.41) is 3.01. The second-order valence-corrected chi connectivity index (χ2v) is 5.46. The summed E-state index contributed by atoms with van der Waals surface area (Å²) >= 11 is 1.61. The molecule has 2 N–H and O–H groups in total. The van der Waals surface area contributed by atoms with Gasteiger partial charge in [0.1, 0.15) is 10.7 Å². The summed E-state index contributed by atoms with van der Waals surface area (Å²) in [6.45, 7) is 2.07. The van der Waals surface area contributed by atoms with E-state index in [0.717, 1.165) is 34.0 Å². The Balaban J connectivity index is 2.09. The van der Waals surface area contributed by atoms with E-state index >= 15 is 0 Å². The largest absolute Gasteiger partial charge is 0.326 e. The van der Waals surface area contributed by atoms with Crippen molar-refractivity contribution in [1.82, 2.24) is 14.5 Å². The Hall–Kier alpha value is -1.72. The highest BCUT2D eigenvalue weighted by Gasteiger charge is 2.14. The minimum atomic E-state index is 0.0217. The van der Waals surface area contributed by atoms with Gasteiger partial charge in [-0.2, -0.15) is 0 Å². The van der Waals surface area contributed by atoms with E-state index in [1.807, 2.05) is 30.6 Å². The fourth-order valence-corrected chi connectivity index (χ4v) is 2.99. The normalized spacial score (nSPS) is 13.0. The molecule has 2 heterocycles. The van der Waals surface area contributed by atoms with Crippen LogP contribution in [0, 0.1) is 0 Å². The smallest absolute Gasteiger partial charge is 0.160 e. The Morgan fingerprint density at radius 1 is 1.32 bits per heavy atom. The molecule has 19 heavy (non-hydrogen) atoms. The molecule has 0 aliphatic rings. The topological polar surface area (TPSA) is 56.7 Å². The van der Waals surface area contributed by atoms with Crippen molar-refractivity contribution >= 4 is 22.4 Å². The average molecular weight is 272 g/mol. The quantitative estimate of drug-likeness (QED) is 0.797. The molecule has 5 heteroatoms. The van der Waals surface area contributed by atoms with Gasteiger partial charge in [-0.3, -0.25) is 0 Å². The van der Waals surface area contributed by atoms with Crippen LogP contribution in [-0.2, 0) is 7.05 Å². The molecule has 0 radical (unpaired) electrons. The van der Waals surface area contributed by atoms with Gasteiger partial charge in [0.05, 0.1) is 17.1 Å². The van der Waals surface area contributed by atoms with Gasteiger partial charge in [0.25, 0.3) is 0 Å². The molecule has 0 amide bonds. The molecule has 0 aliphatic heterocycles. The molecule has 1 atom stereocenters. The lowest BCUT2D eigenvalue weighted by Crippen LogP contribution is -2.08. The number of imidazole rings is 1. The van der Waals surface area contributed by atoms with Crippen LogP contribution in [0.2, 0.25) is 0 Å². The van der Waals surface area contributed by atoms with Gasteiger partial charge in [-0.15, -0.1) is 11.3 Å². The van der Waals surface area contributed by atoms with Crippen LogP contribution in [0.3, 0.4) is 0 Å². The molecule has 98 valence electrons. The van der Waals surface area contributed by atoms with Gasteiger partial charge < -0.3 is 10.3 Å². The summed E-state index contributed by atoms with van der Waals surface area (Å²) in [4.78, 5) is 9.26. The standard InChI is InChI=1S/C14H16N4S/c1-3-9(15)14-17-11(8-19-14)13-16-10-6-4-5-7-12(10)18(13)2/h4-9H,3,15H2,1-2H3. The van der Waals surface area contributed by atoms with Gasteiger partial charge in [-0.25, -0.2) is 9.97 Å². The molecule has 0 saturated heterocycles. The number of nitrogens with two attached hydrogens (primary N) is 1. The van der Waals surface area contributed by atoms with E-state index in [1.165, 1.54) is 0 Å². The maximum absolute atomic E-state index is 6.02. The number of para-hydroxylation sites is 2. The summed E-state index contributed by atoms with van der Waals surface area (Å²) in [5.41, 5.74) is 9.04. The van der Waals surface area contributed by atoms with Crippen molar-refractivity contribution in [3.8, 4) is 11.5 Å². The van der Waals surface area contributed by atoms with Crippen molar-refractivity contribution in [1.29, 1.82) is 0 Å². The highest BCUT2D eigenvalue weighted by atomic mass is 32.1. The Kier molecular flexibility index (Phi) is 3.08. The SMILES string of the molecule is CCC(N)c1nc(-c2nc3ccccc3n2C)cs1. The van der Waals surface area contributed by atoms with Crippen molar-refractivity contribution in [3.63, 3.8) is 0 Å². The van der Waals surface area contributed by atoms with Crippen LogP contribution in [0.4, 0.5) is 0 Å². The highest BCUT2D eigenvalue weighted by molar-refractivity contribution is 7.10. The molecular formula is C14H16N4S. The molecule has 3 aromatic rings. The second-order valence-electron chi connectivity index (χ2n) is 4.57. The third-order valence-electron chi connectivity index (χ3n) is 3.30. The lowest BCUT2D eigenvalue weighted by atomic mass is 10.2. The molecule has 1 aromatic carbocycles. The first-order valence-corrected chi connectivity index (χ1v) is 7.21. The summed E-state index contributed by atoms with van der Waals surface area (Å²) in [7, 11) is 2.02. The average Bonchev–Trinajstić information content (AvgIpc) is 3.04. The van der Waals surface area contributed by atoms with Crippen LogP contribution in [0.1, 0.15) is 24.4 Å². The number of aromatic nitrogens is 3. The van der Waals surface area contributed by atoms with Crippen molar-refractivity contribution < 1.29 is 0 Å². The van der Waals surface area contributed by atoms with Crippen LogP contribution in [0.25, 0.3) is 22.6 Å². The zero-order chi connectivity index (χ0) is 13.4. The minimum Gasteiger partial charge on any atom is -0.326 e. The first-order chi connectivity index (χ1) is 9.20. The number of nitrogens with zero attached hydrogens (tertiary/aromatic N) is 3. The first-order valence-electron chi connectivity index (χ1n) is 6.33. The summed E-state index contributed by atoms with van der Waals surface area (Å²) in [6, 6.07) is 8.13. The maximum Gasteiger partial charge on any atom is 0.160 e. The Bertz CT molecular complexity index is 713. The van der Waals surface area contributed by atoms with Gasteiger partial charge in [-0.1, -0.05) is 19.1 Å². The van der Waals surface area contributed by atoms with Crippen molar-refractivity contribution in [2.75, 3.05) is 0 Å². The minimum absolute atomic E-state index is 0.0217. The monoisotopic (exact) mass is 272 g/mol. The van der Waals surface area contributed by atoms with Gasteiger partial charge >= 0.3 is 0 Å². The number of benzene rings is 1. The van der Waals surface area contributed by atoms with E-state index in [4.69, 9.17) is 5.73 Å². The molecule has 2 aromatic heterocycles. The van der Waals surface area contributed by atoms with E-state index in [9.17, 15) is 0 Å². The molecule has 3 rings (SSSR count). The molecule has 0 fully saturated rings. The zero-order valence-corrected chi connectivity index (χ0v) is 11.8. The van der Waals surface area contributed by atoms with Crippen LogP contribution in [-0.4, -0.2) is 14.5 Å².